The zero-order valence-electron chi connectivity index (χ0n) is 10.8. The van der Waals surface area contributed by atoms with Gasteiger partial charge in [-0.25, -0.2) is 9.97 Å². The molecule has 1 amide bonds. The highest BCUT2D eigenvalue weighted by Gasteiger charge is 2.40. The van der Waals surface area contributed by atoms with Gasteiger partial charge in [-0.3, -0.25) is 4.79 Å². The minimum Gasteiger partial charge on any atom is -0.359 e. The molecule has 6 heteroatoms. The Hall–Kier alpha value is -1.36. The summed E-state index contributed by atoms with van der Waals surface area (Å²) in [6.07, 6.45) is 0.813. The van der Waals surface area contributed by atoms with Crippen LogP contribution in [0.15, 0.2) is 6.07 Å². The maximum atomic E-state index is 11.8. The van der Waals surface area contributed by atoms with Crippen LogP contribution in [0.4, 0.5) is 5.82 Å². The summed E-state index contributed by atoms with van der Waals surface area (Å²) in [5.74, 6) is 1.51. The number of carbonyl (C=O) groups excluding carboxylic acids is 1. The maximum Gasteiger partial charge on any atom is 0.227 e. The van der Waals surface area contributed by atoms with Crippen LogP contribution in [0.3, 0.4) is 0 Å². The van der Waals surface area contributed by atoms with Crippen molar-refractivity contribution >= 4 is 23.3 Å². The van der Waals surface area contributed by atoms with Gasteiger partial charge in [0.05, 0.1) is 5.41 Å². The normalized spacial score (nSPS) is 23.2. The molecule has 2 rings (SSSR count). The van der Waals surface area contributed by atoms with E-state index in [0.717, 1.165) is 18.8 Å². The zero-order chi connectivity index (χ0) is 13.3. The minimum absolute atomic E-state index is 0.0712. The van der Waals surface area contributed by atoms with E-state index in [9.17, 15) is 4.79 Å². The Labute approximate surface area is 112 Å². The molecule has 18 heavy (non-hydrogen) atoms. The summed E-state index contributed by atoms with van der Waals surface area (Å²) in [6.45, 7) is 5.24. The lowest BCUT2D eigenvalue weighted by molar-refractivity contribution is -0.128. The van der Waals surface area contributed by atoms with E-state index in [2.05, 4.69) is 20.2 Å². The van der Waals surface area contributed by atoms with Crippen molar-refractivity contribution in [1.82, 2.24) is 15.3 Å². The fraction of sp³-hybridized carbons (Fsp3) is 0.583. The van der Waals surface area contributed by atoms with E-state index < -0.39 is 0 Å². The molecule has 0 spiro atoms. The number of nitrogens with zero attached hydrogens (tertiary/aromatic N) is 3. The summed E-state index contributed by atoms with van der Waals surface area (Å²) in [7, 11) is 1.67. The largest absolute Gasteiger partial charge is 0.359 e. The summed E-state index contributed by atoms with van der Waals surface area (Å²) >= 11 is 5.93. The van der Waals surface area contributed by atoms with E-state index in [1.807, 2.05) is 13.8 Å². The molecule has 1 aromatic rings. The van der Waals surface area contributed by atoms with Crippen LogP contribution >= 0.6 is 11.6 Å². The quantitative estimate of drug-likeness (QED) is 0.824. The summed E-state index contributed by atoms with van der Waals surface area (Å²) in [6, 6.07) is 1.74. The first-order chi connectivity index (χ1) is 8.44. The molecule has 1 aliphatic heterocycles. The molecule has 2 heterocycles. The molecule has 98 valence electrons. The Morgan fingerprint density at radius 1 is 1.56 bits per heavy atom. The highest BCUT2D eigenvalue weighted by atomic mass is 35.5. The molecule has 5 nitrogen and oxygen atoms in total. The average Bonchev–Trinajstić information content (AvgIpc) is 2.71. The third kappa shape index (κ3) is 2.41. The van der Waals surface area contributed by atoms with Crippen molar-refractivity contribution in [2.45, 2.75) is 20.3 Å². The average molecular weight is 269 g/mol. The molecule has 1 unspecified atom stereocenters. The number of halogens is 1. The summed E-state index contributed by atoms with van der Waals surface area (Å²) < 4.78 is 0. The topological polar surface area (TPSA) is 58.1 Å². The van der Waals surface area contributed by atoms with Crippen molar-refractivity contribution in [3.05, 3.63) is 17.0 Å². The molecule has 1 aliphatic rings. The van der Waals surface area contributed by atoms with Gasteiger partial charge in [-0.1, -0.05) is 11.6 Å². The predicted octanol–water partition coefficient (Wildman–Crippen LogP) is 1.40. The Balaban J connectivity index is 2.20. The molecule has 0 saturated carbocycles. The van der Waals surface area contributed by atoms with Gasteiger partial charge in [0.2, 0.25) is 5.91 Å². The van der Waals surface area contributed by atoms with Gasteiger partial charge >= 0.3 is 0 Å². The molecule has 0 aliphatic carbocycles. The van der Waals surface area contributed by atoms with Gasteiger partial charge in [0.25, 0.3) is 0 Å². The highest BCUT2D eigenvalue weighted by molar-refractivity contribution is 6.29. The lowest BCUT2D eigenvalue weighted by atomic mass is 9.89. The van der Waals surface area contributed by atoms with E-state index in [-0.39, 0.29) is 11.3 Å². The molecule has 1 atom stereocenters. The second-order valence-electron chi connectivity index (χ2n) is 4.91. The van der Waals surface area contributed by atoms with Crippen LogP contribution in [-0.4, -0.2) is 36.0 Å². The Kier molecular flexibility index (Phi) is 3.43. The van der Waals surface area contributed by atoms with Crippen molar-refractivity contribution in [3.8, 4) is 0 Å². The van der Waals surface area contributed by atoms with Gasteiger partial charge in [0.1, 0.15) is 16.8 Å². The standard InChI is InChI=1S/C12H17ClN4O/c1-8-15-9(13)6-10(16-8)17-5-4-12(2,7-17)11(18)14-3/h6H,4-5,7H2,1-3H3,(H,14,18). The van der Waals surface area contributed by atoms with Crippen LogP contribution in [0.1, 0.15) is 19.2 Å². The monoisotopic (exact) mass is 268 g/mol. The fourth-order valence-corrected chi connectivity index (χ4v) is 2.54. The fourth-order valence-electron chi connectivity index (χ4n) is 2.32. The Bertz CT molecular complexity index is 459. The van der Waals surface area contributed by atoms with Crippen molar-refractivity contribution < 1.29 is 4.79 Å². The van der Waals surface area contributed by atoms with Gasteiger partial charge in [0, 0.05) is 26.2 Å². The third-order valence-corrected chi connectivity index (χ3v) is 3.56. The van der Waals surface area contributed by atoms with E-state index >= 15 is 0 Å². The summed E-state index contributed by atoms with van der Waals surface area (Å²) in [5, 5.41) is 3.15. The van der Waals surface area contributed by atoms with Gasteiger partial charge in [0.15, 0.2) is 0 Å². The summed E-state index contributed by atoms with van der Waals surface area (Å²) in [5.41, 5.74) is -0.361. The van der Waals surface area contributed by atoms with Crippen LogP contribution in [0.5, 0.6) is 0 Å². The number of anilines is 1. The zero-order valence-corrected chi connectivity index (χ0v) is 11.6. The minimum atomic E-state index is -0.361. The number of aromatic nitrogens is 2. The van der Waals surface area contributed by atoms with Crippen molar-refractivity contribution in [2.75, 3.05) is 25.0 Å². The molecule has 0 bridgehead atoms. The second kappa shape index (κ2) is 4.72. The van der Waals surface area contributed by atoms with Crippen molar-refractivity contribution in [2.24, 2.45) is 5.41 Å². The second-order valence-corrected chi connectivity index (χ2v) is 5.29. The number of rotatable bonds is 2. The van der Waals surface area contributed by atoms with E-state index in [1.54, 1.807) is 13.1 Å². The molecule has 1 fully saturated rings. The van der Waals surface area contributed by atoms with Crippen molar-refractivity contribution in [1.29, 1.82) is 0 Å². The first-order valence-electron chi connectivity index (χ1n) is 5.93. The van der Waals surface area contributed by atoms with Crippen LogP contribution in [-0.2, 0) is 4.79 Å². The lowest BCUT2D eigenvalue weighted by Crippen LogP contribution is -2.39. The lowest BCUT2D eigenvalue weighted by Gasteiger charge is -2.23. The number of amides is 1. The smallest absolute Gasteiger partial charge is 0.227 e. The first kappa shape index (κ1) is 13.1. The number of hydrogen-bond donors (Lipinski definition) is 1. The van der Waals surface area contributed by atoms with Gasteiger partial charge in [-0.05, 0) is 20.3 Å². The van der Waals surface area contributed by atoms with Crippen LogP contribution in [0.25, 0.3) is 0 Å². The molecule has 0 radical (unpaired) electrons. The van der Waals surface area contributed by atoms with E-state index in [0.29, 0.717) is 17.5 Å². The molecular formula is C12H17ClN4O. The predicted molar refractivity (Wildman–Crippen MR) is 70.8 cm³/mol. The third-order valence-electron chi connectivity index (χ3n) is 3.37. The SMILES string of the molecule is CNC(=O)C1(C)CCN(c2cc(Cl)nc(C)n2)C1. The van der Waals surface area contributed by atoms with Gasteiger partial charge < -0.3 is 10.2 Å². The van der Waals surface area contributed by atoms with Crippen LogP contribution in [0, 0.1) is 12.3 Å². The maximum absolute atomic E-state index is 11.8. The van der Waals surface area contributed by atoms with Crippen LogP contribution in [0.2, 0.25) is 5.15 Å². The van der Waals surface area contributed by atoms with Gasteiger partial charge in [-0.2, -0.15) is 0 Å². The summed E-state index contributed by atoms with van der Waals surface area (Å²) in [4.78, 5) is 22.3. The molecule has 1 N–H and O–H groups in total. The number of carbonyl (C=O) groups is 1. The van der Waals surface area contributed by atoms with Crippen molar-refractivity contribution in [3.63, 3.8) is 0 Å². The first-order valence-corrected chi connectivity index (χ1v) is 6.31. The molecule has 1 aromatic heterocycles. The van der Waals surface area contributed by atoms with Gasteiger partial charge in [-0.15, -0.1) is 0 Å². The Morgan fingerprint density at radius 3 is 2.89 bits per heavy atom. The number of aryl methyl sites for hydroxylation is 1. The van der Waals surface area contributed by atoms with Crippen LogP contribution < -0.4 is 10.2 Å². The van der Waals surface area contributed by atoms with E-state index in [1.165, 1.54) is 0 Å². The Morgan fingerprint density at radius 2 is 2.28 bits per heavy atom. The van der Waals surface area contributed by atoms with E-state index in [4.69, 9.17) is 11.6 Å². The molecular weight excluding hydrogens is 252 g/mol. The number of nitrogens with one attached hydrogen (secondary N) is 1. The molecule has 0 aromatic carbocycles. The molecule has 1 saturated heterocycles. The number of hydrogen-bond acceptors (Lipinski definition) is 4. The highest BCUT2D eigenvalue weighted by Crippen LogP contribution is 2.33.